The van der Waals surface area contributed by atoms with Crippen LogP contribution >= 0.6 is 0 Å². The van der Waals surface area contributed by atoms with E-state index in [9.17, 15) is 9.59 Å². The number of nitrogens with one attached hydrogen (secondary N) is 4. The Morgan fingerprint density at radius 1 is 0.750 bits per heavy atom. The highest BCUT2D eigenvalue weighted by Crippen LogP contribution is 1.85. The van der Waals surface area contributed by atoms with E-state index in [-0.39, 0.29) is 12.1 Å². The predicted molar refractivity (Wildman–Crippen MR) is 75.8 cm³/mol. The third-order valence-electron chi connectivity index (χ3n) is 2.33. The molecule has 118 valence electrons. The van der Waals surface area contributed by atoms with Crippen LogP contribution in [-0.4, -0.2) is 65.7 Å². The Bertz CT molecular complexity index is 238. The summed E-state index contributed by atoms with van der Waals surface area (Å²) in [4.78, 5) is 21.6. The lowest BCUT2D eigenvalue weighted by Crippen LogP contribution is -2.33. The van der Waals surface area contributed by atoms with Gasteiger partial charge in [0.25, 0.3) is 0 Å². The first-order chi connectivity index (χ1) is 9.70. The fourth-order valence-electron chi connectivity index (χ4n) is 1.25. The Hall–Kier alpha value is -1.54. The van der Waals surface area contributed by atoms with Crippen molar-refractivity contribution in [2.75, 3.05) is 53.6 Å². The third-order valence-corrected chi connectivity index (χ3v) is 2.33. The highest BCUT2D eigenvalue weighted by molar-refractivity contribution is 5.73. The fourth-order valence-corrected chi connectivity index (χ4v) is 1.25. The number of rotatable bonds is 11. The molecule has 8 heteroatoms. The van der Waals surface area contributed by atoms with Crippen molar-refractivity contribution in [3.63, 3.8) is 0 Å². The molecule has 0 aliphatic rings. The molecule has 0 saturated carbocycles. The second-order valence-electron chi connectivity index (χ2n) is 3.94. The number of urea groups is 2. The molecule has 0 aliphatic carbocycles. The van der Waals surface area contributed by atoms with Crippen LogP contribution in [0.4, 0.5) is 9.59 Å². The zero-order chi connectivity index (χ0) is 15.1. The maximum Gasteiger partial charge on any atom is 0.314 e. The second kappa shape index (κ2) is 13.9. The van der Waals surface area contributed by atoms with Crippen molar-refractivity contribution >= 4 is 12.1 Å². The Labute approximate surface area is 120 Å². The van der Waals surface area contributed by atoms with Crippen LogP contribution < -0.4 is 21.3 Å². The first-order valence-corrected chi connectivity index (χ1v) is 6.77. The van der Waals surface area contributed by atoms with Crippen LogP contribution in [0, 0.1) is 0 Å². The molecule has 0 aromatic carbocycles. The van der Waals surface area contributed by atoms with E-state index in [2.05, 4.69) is 21.3 Å². The molecule has 0 saturated heterocycles. The maximum atomic E-state index is 10.8. The van der Waals surface area contributed by atoms with Gasteiger partial charge < -0.3 is 30.7 Å². The van der Waals surface area contributed by atoms with E-state index >= 15 is 0 Å². The first-order valence-electron chi connectivity index (χ1n) is 6.77. The largest absolute Gasteiger partial charge is 0.379 e. The molecule has 4 N–H and O–H groups in total. The first kappa shape index (κ1) is 18.5. The Morgan fingerprint density at radius 3 is 1.50 bits per heavy atom. The van der Waals surface area contributed by atoms with Crippen LogP contribution in [0.3, 0.4) is 0 Å². The minimum Gasteiger partial charge on any atom is -0.379 e. The van der Waals surface area contributed by atoms with E-state index in [0.29, 0.717) is 39.5 Å². The zero-order valence-corrected chi connectivity index (χ0v) is 12.3. The molecule has 0 rings (SSSR count). The Kier molecular flexibility index (Phi) is 12.8. The molecular weight excluding hydrogens is 264 g/mol. The van der Waals surface area contributed by atoms with Gasteiger partial charge in [-0.1, -0.05) is 0 Å². The highest BCUT2D eigenvalue weighted by Gasteiger charge is 1.96. The summed E-state index contributed by atoms with van der Waals surface area (Å²) in [6.07, 6.45) is 1.53. The van der Waals surface area contributed by atoms with E-state index in [1.165, 1.54) is 0 Å². The molecule has 0 bridgehead atoms. The summed E-state index contributed by atoms with van der Waals surface area (Å²) in [6.45, 7) is 3.42. The number of hydrogen-bond donors (Lipinski definition) is 4. The van der Waals surface area contributed by atoms with Crippen LogP contribution in [-0.2, 0) is 9.47 Å². The van der Waals surface area contributed by atoms with Gasteiger partial charge in [0, 0.05) is 40.4 Å². The molecule has 0 heterocycles. The predicted octanol–water partition coefficient (Wildman–Crippen LogP) is -0.342. The lowest BCUT2D eigenvalue weighted by Gasteiger charge is -2.07. The van der Waals surface area contributed by atoms with E-state index in [1.807, 2.05) is 0 Å². The van der Waals surface area contributed by atoms with Crippen LogP contribution in [0.2, 0.25) is 0 Å². The van der Waals surface area contributed by atoms with Crippen molar-refractivity contribution in [2.24, 2.45) is 0 Å². The van der Waals surface area contributed by atoms with E-state index in [0.717, 1.165) is 12.8 Å². The maximum absolute atomic E-state index is 10.8. The second-order valence-corrected chi connectivity index (χ2v) is 3.94. The molecular formula is C12H26N4O4. The molecule has 4 amide bonds. The van der Waals surface area contributed by atoms with Gasteiger partial charge in [-0.05, 0) is 12.8 Å². The molecule has 0 atom stereocenters. The topological polar surface area (TPSA) is 101 Å². The smallest absolute Gasteiger partial charge is 0.314 e. The molecule has 0 aromatic heterocycles. The lowest BCUT2D eigenvalue weighted by atomic mass is 10.4. The quantitative estimate of drug-likeness (QED) is 0.391. The monoisotopic (exact) mass is 290 g/mol. The summed E-state index contributed by atoms with van der Waals surface area (Å²) >= 11 is 0. The van der Waals surface area contributed by atoms with Crippen molar-refractivity contribution in [2.45, 2.75) is 12.8 Å². The highest BCUT2D eigenvalue weighted by atomic mass is 16.5. The summed E-state index contributed by atoms with van der Waals surface area (Å²) in [6, 6.07) is -0.364. The summed E-state index contributed by atoms with van der Waals surface area (Å²) in [5.74, 6) is 0. The fraction of sp³-hybridized carbons (Fsp3) is 0.833. The number of ether oxygens (including phenoxy) is 2. The van der Waals surface area contributed by atoms with E-state index < -0.39 is 0 Å². The van der Waals surface area contributed by atoms with Gasteiger partial charge in [-0.3, -0.25) is 0 Å². The molecule has 20 heavy (non-hydrogen) atoms. The van der Waals surface area contributed by atoms with E-state index in [1.54, 1.807) is 14.1 Å². The standard InChI is InChI=1S/C12H26N4O4/c1-13-11(17)15-5-3-7-19-9-10-20-8-4-6-16-12(18)14-2/h3-10H2,1-2H3,(H2,13,15,17)(H2,14,16,18). The third kappa shape index (κ3) is 12.9. The van der Waals surface area contributed by atoms with Crippen molar-refractivity contribution < 1.29 is 19.1 Å². The summed E-state index contributed by atoms with van der Waals surface area (Å²) in [7, 11) is 3.15. The van der Waals surface area contributed by atoms with E-state index in [4.69, 9.17) is 9.47 Å². The van der Waals surface area contributed by atoms with Crippen molar-refractivity contribution in [1.82, 2.24) is 21.3 Å². The van der Waals surface area contributed by atoms with Crippen molar-refractivity contribution in [1.29, 1.82) is 0 Å². The minimum atomic E-state index is -0.182. The molecule has 0 radical (unpaired) electrons. The molecule has 8 nitrogen and oxygen atoms in total. The van der Waals surface area contributed by atoms with Gasteiger partial charge in [0.05, 0.1) is 13.2 Å². The average Bonchev–Trinajstić information content (AvgIpc) is 2.47. The van der Waals surface area contributed by atoms with Gasteiger partial charge in [0.15, 0.2) is 0 Å². The Balaban J connectivity index is 3.06. The summed E-state index contributed by atoms with van der Waals surface area (Å²) < 4.78 is 10.7. The molecule has 0 aromatic rings. The number of hydrogen-bond acceptors (Lipinski definition) is 4. The van der Waals surface area contributed by atoms with Gasteiger partial charge in [-0.2, -0.15) is 0 Å². The summed E-state index contributed by atoms with van der Waals surface area (Å²) in [5.41, 5.74) is 0. The van der Waals surface area contributed by atoms with Crippen LogP contribution in [0.5, 0.6) is 0 Å². The van der Waals surface area contributed by atoms with Gasteiger partial charge in [-0.15, -0.1) is 0 Å². The van der Waals surface area contributed by atoms with Crippen molar-refractivity contribution in [3.8, 4) is 0 Å². The zero-order valence-electron chi connectivity index (χ0n) is 12.3. The summed E-state index contributed by atoms with van der Waals surface area (Å²) in [5, 5.41) is 10.3. The van der Waals surface area contributed by atoms with Gasteiger partial charge in [-0.25, -0.2) is 9.59 Å². The normalized spacial score (nSPS) is 9.90. The lowest BCUT2D eigenvalue weighted by molar-refractivity contribution is 0.0464. The van der Waals surface area contributed by atoms with Gasteiger partial charge >= 0.3 is 12.1 Å². The molecule has 0 aliphatic heterocycles. The van der Waals surface area contributed by atoms with Crippen LogP contribution in [0.1, 0.15) is 12.8 Å². The minimum absolute atomic E-state index is 0.182. The Morgan fingerprint density at radius 2 is 1.15 bits per heavy atom. The molecule has 0 unspecified atom stereocenters. The van der Waals surface area contributed by atoms with Crippen LogP contribution in [0.15, 0.2) is 0 Å². The number of carbonyl (C=O) groups excluding carboxylic acids is 2. The molecule has 0 spiro atoms. The van der Waals surface area contributed by atoms with Crippen molar-refractivity contribution in [3.05, 3.63) is 0 Å². The van der Waals surface area contributed by atoms with Gasteiger partial charge in [0.1, 0.15) is 0 Å². The number of amides is 4. The van der Waals surface area contributed by atoms with Gasteiger partial charge in [0.2, 0.25) is 0 Å². The average molecular weight is 290 g/mol. The SMILES string of the molecule is CNC(=O)NCCCOCCOCCCNC(=O)NC. The molecule has 0 fully saturated rings. The van der Waals surface area contributed by atoms with Crippen LogP contribution in [0.25, 0.3) is 0 Å². The number of carbonyl (C=O) groups is 2.